The van der Waals surface area contributed by atoms with Crippen LogP contribution in [0.15, 0.2) is 64.6 Å². The fourth-order valence-electron chi connectivity index (χ4n) is 2.42. The average molecular weight is 372 g/mol. The Morgan fingerprint density at radius 1 is 1.12 bits per heavy atom. The molecule has 3 aromatic rings. The van der Waals surface area contributed by atoms with Crippen LogP contribution in [0.4, 0.5) is 10.1 Å². The van der Waals surface area contributed by atoms with Crippen LogP contribution in [0.1, 0.15) is 21.9 Å². The van der Waals surface area contributed by atoms with E-state index in [0.717, 1.165) is 4.88 Å². The molecule has 0 aliphatic heterocycles. The minimum absolute atomic E-state index is 0.120. The first-order valence-corrected chi connectivity index (χ1v) is 8.91. The molecule has 0 aliphatic carbocycles. The fraction of sp³-hybridized carbons (Fsp3) is 0.158. The smallest absolute Gasteiger partial charge is 0.286 e. The molecule has 0 saturated heterocycles. The number of benzene rings is 1. The van der Waals surface area contributed by atoms with Gasteiger partial charge in [-0.3, -0.25) is 9.59 Å². The summed E-state index contributed by atoms with van der Waals surface area (Å²) in [6, 6.07) is 12.8. The lowest BCUT2D eigenvalue weighted by atomic mass is 10.2. The van der Waals surface area contributed by atoms with Crippen molar-refractivity contribution in [2.24, 2.45) is 0 Å². The Balaban J connectivity index is 1.64. The van der Waals surface area contributed by atoms with E-state index in [1.807, 2.05) is 17.5 Å². The summed E-state index contributed by atoms with van der Waals surface area (Å²) in [4.78, 5) is 27.1. The summed E-state index contributed by atoms with van der Waals surface area (Å²) in [7, 11) is 0. The highest BCUT2D eigenvalue weighted by Crippen LogP contribution is 2.21. The molecule has 1 aromatic carbocycles. The Labute approximate surface area is 154 Å². The van der Waals surface area contributed by atoms with Gasteiger partial charge < -0.3 is 14.6 Å². The molecule has 0 aliphatic rings. The van der Waals surface area contributed by atoms with Gasteiger partial charge in [-0.25, -0.2) is 4.39 Å². The molecule has 26 heavy (non-hydrogen) atoms. The third-order valence-corrected chi connectivity index (χ3v) is 4.56. The molecule has 2 amide bonds. The van der Waals surface area contributed by atoms with Crippen LogP contribution in [0, 0.1) is 5.82 Å². The second-order valence-electron chi connectivity index (χ2n) is 5.52. The lowest BCUT2D eigenvalue weighted by Crippen LogP contribution is -2.34. The van der Waals surface area contributed by atoms with Gasteiger partial charge >= 0.3 is 0 Å². The first kappa shape index (κ1) is 17.9. The van der Waals surface area contributed by atoms with E-state index in [9.17, 15) is 14.0 Å². The maximum Gasteiger partial charge on any atom is 0.286 e. The zero-order chi connectivity index (χ0) is 18.4. The number of hydrogen-bond acceptors (Lipinski definition) is 4. The Morgan fingerprint density at radius 3 is 2.58 bits per heavy atom. The zero-order valence-corrected chi connectivity index (χ0v) is 14.7. The second kappa shape index (κ2) is 8.44. The third kappa shape index (κ3) is 4.58. The van der Waals surface area contributed by atoms with E-state index in [4.69, 9.17) is 4.42 Å². The molecule has 5 nitrogen and oxygen atoms in total. The van der Waals surface area contributed by atoms with Crippen LogP contribution in [0.5, 0.6) is 0 Å². The normalized spacial score (nSPS) is 10.5. The van der Waals surface area contributed by atoms with E-state index in [1.165, 1.54) is 18.4 Å². The Morgan fingerprint density at radius 2 is 1.92 bits per heavy atom. The fourth-order valence-corrected chi connectivity index (χ4v) is 3.11. The number of nitrogens with one attached hydrogen (secondary N) is 1. The van der Waals surface area contributed by atoms with Crippen LogP contribution in [-0.4, -0.2) is 18.4 Å². The van der Waals surface area contributed by atoms with Gasteiger partial charge in [0.05, 0.1) is 12.8 Å². The van der Waals surface area contributed by atoms with Crippen molar-refractivity contribution >= 4 is 28.8 Å². The Kier molecular flexibility index (Phi) is 5.80. The van der Waals surface area contributed by atoms with Crippen molar-refractivity contribution in [3.05, 3.63) is 76.6 Å². The molecule has 134 valence electrons. The second-order valence-corrected chi connectivity index (χ2v) is 6.55. The predicted octanol–water partition coefficient (Wildman–Crippen LogP) is 3.83. The Hall–Kier alpha value is -2.93. The van der Waals surface area contributed by atoms with E-state index >= 15 is 0 Å². The predicted molar refractivity (Wildman–Crippen MR) is 97.6 cm³/mol. The monoisotopic (exact) mass is 372 g/mol. The minimum atomic E-state index is -0.366. The van der Waals surface area contributed by atoms with Crippen molar-refractivity contribution in [2.75, 3.05) is 11.4 Å². The van der Waals surface area contributed by atoms with Crippen LogP contribution in [0.3, 0.4) is 0 Å². The van der Waals surface area contributed by atoms with Crippen LogP contribution in [0.2, 0.25) is 0 Å². The number of nitrogens with zero attached hydrogens (tertiary/aromatic N) is 1. The summed E-state index contributed by atoms with van der Waals surface area (Å²) in [6.45, 7) is 0.578. The molecule has 0 radical (unpaired) electrons. The van der Waals surface area contributed by atoms with Crippen molar-refractivity contribution in [1.82, 2.24) is 5.32 Å². The highest BCUT2D eigenvalue weighted by Gasteiger charge is 2.17. The average Bonchev–Trinajstić information content (AvgIpc) is 3.34. The van der Waals surface area contributed by atoms with Crippen LogP contribution < -0.4 is 10.2 Å². The van der Waals surface area contributed by atoms with Crippen molar-refractivity contribution in [3.63, 3.8) is 0 Å². The number of carbonyl (C=O) groups excluding carboxylic acids is 2. The van der Waals surface area contributed by atoms with Gasteiger partial charge in [0, 0.05) is 23.5 Å². The van der Waals surface area contributed by atoms with Crippen molar-refractivity contribution in [3.8, 4) is 0 Å². The molecule has 0 atom stereocenters. The number of carbonyl (C=O) groups is 2. The SMILES string of the molecule is O=C(NCCC(=O)N(Cc1cccs1)c1ccc(F)cc1)c1ccco1. The van der Waals surface area contributed by atoms with Crippen LogP contribution in [-0.2, 0) is 11.3 Å². The summed E-state index contributed by atoms with van der Waals surface area (Å²) < 4.78 is 18.2. The first-order valence-electron chi connectivity index (χ1n) is 8.03. The summed E-state index contributed by atoms with van der Waals surface area (Å²) in [5.74, 6) is -0.687. The van der Waals surface area contributed by atoms with Gasteiger partial charge in [-0.15, -0.1) is 11.3 Å². The van der Waals surface area contributed by atoms with Gasteiger partial charge in [0.15, 0.2) is 5.76 Å². The number of anilines is 1. The highest BCUT2D eigenvalue weighted by atomic mass is 32.1. The largest absolute Gasteiger partial charge is 0.459 e. The molecule has 0 bridgehead atoms. The summed E-state index contributed by atoms with van der Waals surface area (Å²) >= 11 is 1.54. The molecule has 3 rings (SSSR count). The van der Waals surface area contributed by atoms with Crippen LogP contribution in [0.25, 0.3) is 0 Å². The zero-order valence-electron chi connectivity index (χ0n) is 13.9. The molecule has 0 fully saturated rings. The third-order valence-electron chi connectivity index (χ3n) is 3.70. The first-order chi connectivity index (χ1) is 12.6. The summed E-state index contributed by atoms with van der Waals surface area (Å²) in [5.41, 5.74) is 0.613. The molecule has 2 aromatic heterocycles. The van der Waals surface area contributed by atoms with Gasteiger partial charge in [0.25, 0.3) is 5.91 Å². The van der Waals surface area contributed by atoms with Crippen molar-refractivity contribution < 1.29 is 18.4 Å². The van der Waals surface area contributed by atoms with E-state index in [1.54, 1.807) is 40.5 Å². The van der Waals surface area contributed by atoms with E-state index in [0.29, 0.717) is 12.2 Å². The minimum Gasteiger partial charge on any atom is -0.459 e. The number of amides is 2. The maximum absolute atomic E-state index is 13.2. The molecule has 0 unspecified atom stereocenters. The standard InChI is InChI=1S/C19H17FN2O3S/c20-14-5-7-15(8-6-14)22(13-16-3-2-12-26-16)18(23)9-10-21-19(24)17-4-1-11-25-17/h1-8,11-12H,9-10,13H2,(H,21,24). The van der Waals surface area contributed by atoms with E-state index in [-0.39, 0.29) is 36.4 Å². The quantitative estimate of drug-likeness (QED) is 0.686. The van der Waals surface area contributed by atoms with Crippen molar-refractivity contribution in [2.45, 2.75) is 13.0 Å². The number of furan rings is 1. The molecule has 1 N–H and O–H groups in total. The number of thiophene rings is 1. The molecular weight excluding hydrogens is 355 g/mol. The number of hydrogen-bond donors (Lipinski definition) is 1. The molecule has 0 saturated carbocycles. The topological polar surface area (TPSA) is 62.6 Å². The van der Waals surface area contributed by atoms with Gasteiger partial charge in [0.1, 0.15) is 5.82 Å². The highest BCUT2D eigenvalue weighted by molar-refractivity contribution is 7.09. The maximum atomic E-state index is 13.2. The number of halogens is 1. The summed E-state index contributed by atoms with van der Waals surface area (Å²) in [6.07, 6.45) is 1.53. The molecule has 7 heteroatoms. The Bertz CT molecular complexity index is 846. The van der Waals surface area contributed by atoms with E-state index in [2.05, 4.69) is 5.32 Å². The molecule has 2 heterocycles. The molecule has 0 spiro atoms. The van der Waals surface area contributed by atoms with Crippen molar-refractivity contribution in [1.29, 1.82) is 0 Å². The lowest BCUT2D eigenvalue weighted by Gasteiger charge is -2.22. The van der Waals surface area contributed by atoms with E-state index < -0.39 is 0 Å². The van der Waals surface area contributed by atoms with Gasteiger partial charge in [-0.1, -0.05) is 6.07 Å². The molecular formula is C19H17FN2O3S. The lowest BCUT2D eigenvalue weighted by molar-refractivity contribution is -0.118. The van der Waals surface area contributed by atoms with Crippen LogP contribution >= 0.6 is 11.3 Å². The van der Waals surface area contributed by atoms with Gasteiger partial charge in [-0.2, -0.15) is 0 Å². The summed E-state index contributed by atoms with van der Waals surface area (Å²) in [5, 5.41) is 4.59. The van der Waals surface area contributed by atoms with Gasteiger partial charge in [-0.05, 0) is 47.8 Å². The number of rotatable bonds is 7. The van der Waals surface area contributed by atoms with Gasteiger partial charge in [0.2, 0.25) is 5.91 Å².